The summed E-state index contributed by atoms with van der Waals surface area (Å²) in [4.78, 5) is 1.85. The van der Waals surface area contributed by atoms with Crippen LogP contribution in [-0.2, 0) is 0 Å². The van der Waals surface area contributed by atoms with Gasteiger partial charge in [-0.05, 0) is 12.2 Å². The minimum absolute atomic E-state index is 0.147. The van der Waals surface area contributed by atoms with E-state index in [-0.39, 0.29) is 5.75 Å². The molecule has 1 aromatic heterocycles. The molecular formula is C8H15N5OS. The zero-order valence-electron chi connectivity index (χ0n) is 8.74. The number of likely N-dealkylation sites (N-methyl/N-ethyl adjacent to an activating group) is 1. The summed E-state index contributed by atoms with van der Waals surface area (Å²) in [6.45, 7) is 1.40. The van der Waals surface area contributed by atoms with Crippen LogP contribution in [0.15, 0.2) is 6.20 Å². The molecule has 0 aromatic carbocycles. The van der Waals surface area contributed by atoms with E-state index in [0.717, 1.165) is 0 Å². The van der Waals surface area contributed by atoms with Gasteiger partial charge in [-0.15, -0.1) is 0 Å². The molecule has 1 heterocycles. The monoisotopic (exact) mass is 229 g/mol. The third-order valence-electron chi connectivity index (χ3n) is 1.94. The van der Waals surface area contributed by atoms with E-state index in [4.69, 9.17) is 12.2 Å². The topological polar surface area (TPSA) is 76.2 Å². The molecular weight excluding hydrogens is 214 g/mol. The highest BCUT2D eigenvalue weighted by molar-refractivity contribution is 7.80. The maximum Gasteiger partial charge on any atom is 0.178 e. The minimum atomic E-state index is 0.147. The number of nitrogens with one attached hydrogen (secondary N) is 3. The first-order valence-corrected chi connectivity index (χ1v) is 4.95. The van der Waals surface area contributed by atoms with Crippen LogP contribution in [0.1, 0.15) is 0 Å². The van der Waals surface area contributed by atoms with Gasteiger partial charge in [-0.1, -0.05) is 0 Å². The lowest BCUT2D eigenvalue weighted by Crippen LogP contribution is -2.37. The Labute approximate surface area is 93.7 Å². The lowest BCUT2D eigenvalue weighted by atomic mass is 10.5. The molecule has 0 unspecified atom stereocenters. The van der Waals surface area contributed by atoms with Gasteiger partial charge in [0.15, 0.2) is 16.7 Å². The summed E-state index contributed by atoms with van der Waals surface area (Å²) in [5, 5.41) is 22.2. The van der Waals surface area contributed by atoms with Crippen molar-refractivity contribution in [3.63, 3.8) is 0 Å². The van der Waals surface area contributed by atoms with Crippen molar-refractivity contribution in [3.05, 3.63) is 6.20 Å². The highest BCUT2D eigenvalue weighted by Crippen LogP contribution is 2.20. The summed E-state index contributed by atoms with van der Waals surface area (Å²) in [6, 6.07) is 0. The number of hydrogen-bond acceptors (Lipinski definition) is 4. The molecule has 0 saturated carbocycles. The van der Waals surface area contributed by atoms with Crippen LogP contribution in [0.3, 0.4) is 0 Å². The Kier molecular flexibility index (Phi) is 4.17. The van der Waals surface area contributed by atoms with Gasteiger partial charge in [0.1, 0.15) is 0 Å². The van der Waals surface area contributed by atoms with E-state index in [9.17, 15) is 5.11 Å². The normalized spacial score (nSPS) is 9.73. The van der Waals surface area contributed by atoms with Gasteiger partial charge >= 0.3 is 0 Å². The summed E-state index contributed by atoms with van der Waals surface area (Å²) in [5.74, 6) is 0.751. The predicted octanol–water partition coefficient (Wildman–Crippen LogP) is -0.355. The standard InChI is InChI=1S/C8H15N5OS/c1-9-8(15)10-3-4-13(2)7-6(14)5-11-12-7/h5,14H,3-4H2,1-2H3,(H,11,12)(H2,9,10,15). The number of thiocarbonyl (C=S) groups is 1. The third-order valence-corrected chi connectivity index (χ3v) is 2.29. The molecule has 84 valence electrons. The average Bonchev–Trinajstić information content (AvgIpc) is 2.64. The molecule has 0 fully saturated rings. The van der Waals surface area contributed by atoms with Crippen LogP contribution < -0.4 is 15.5 Å². The van der Waals surface area contributed by atoms with Crippen molar-refractivity contribution in [2.75, 3.05) is 32.1 Å². The minimum Gasteiger partial charge on any atom is -0.503 e. The van der Waals surface area contributed by atoms with Gasteiger partial charge in [-0.2, -0.15) is 5.10 Å². The summed E-state index contributed by atoms with van der Waals surface area (Å²) in [5.41, 5.74) is 0. The first-order valence-electron chi connectivity index (χ1n) is 4.54. The number of H-pyrrole nitrogens is 1. The van der Waals surface area contributed by atoms with Crippen LogP contribution in [-0.4, -0.2) is 47.6 Å². The van der Waals surface area contributed by atoms with Crippen molar-refractivity contribution >= 4 is 23.1 Å². The summed E-state index contributed by atoms with van der Waals surface area (Å²) in [7, 11) is 3.62. The lowest BCUT2D eigenvalue weighted by molar-refractivity contribution is 0.475. The van der Waals surface area contributed by atoms with E-state index < -0.39 is 0 Å². The summed E-state index contributed by atoms with van der Waals surface area (Å²) < 4.78 is 0. The lowest BCUT2D eigenvalue weighted by Gasteiger charge is -2.17. The van der Waals surface area contributed by atoms with Crippen LogP contribution in [0.5, 0.6) is 5.75 Å². The fraction of sp³-hybridized carbons (Fsp3) is 0.500. The van der Waals surface area contributed by atoms with Gasteiger partial charge in [0, 0.05) is 27.2 Å². The maximum absolute atomic E-state index is 9.38. The van der Waals surface area contributed by atoms with Gasteiger partial charge in [-0.25, -0.2) is 0 Å². The number of aromatic nitrogens is 2. The number of hydrogen-bond donors (Lipinski definition) is 4. The Hall–Kier alpha value is -1.50. The maximum atomic E-state index is 9.38. The van der Waals surface area contributed by atoms with Crippen molar-refractivity contribution in [1.82, 2.24) is 20.8 Å². The van der Waals surface area contributed by atoms with Crippen LogP contribution >= 0.6 is 12.2 Å². The summed E-state index contributed by atoms with van der Waals surface area (Å²) >= 11 is 4.92. The zero-order chi connectivity index (χ0) is 11.3. The van der Waals surface area contributed by atoms with Crippen molar-refractivity contribution in [3.8, 4) is 5.75 Å². The Balaban J connectivity index is 2.34. The largest absolute Gasteiger partial charge is 0.503 e. The molecule has 15 heavy (non-hydrogen) atoms. The van der Waals surface area contributed by atoms with Gasteiger partial charge in [0.25, 0.3) is 0 Å². The average molecular weight is 229 g/mol. The van der Waals surface area contributed by atoms with Crippen LogP contribution in [0.4, 0.5) is 5.82 Å². The molecule has 0 atom stereocenters. The van der Waals surface area contributed by atoms with Gasteiger partial charge in [-0.3, -0.25) is 5.10 Å². The smallest absolute Gasteiger partial charge is 0.178 e. The van der Waals surface area contributed by atoms with E-state index in [1.807, 2.05) is 11.9 Å². The second-order valence-corrected chi connectivity index (χ2v) is 3.44. The van der Waals surface area contributed by atoms with Crippen LogP contribution in [0.25, 0.3) is 0 Å². The SMILES string of the molecule is CNC(=S)NCCN(C)c1[nH]ncc1O. The molecule has 0 spiro atoms. The fourth-order valence-electron chi connectivity index (χ4n) is 1.09. The molecule has 6 nitrogen and oxygen atoms in total. The van der Waals surface area contributed by atoms with Crippen molar-refractivity contribution in [2.45, 2.75) is 0 Å². The van der Waals surface area contributed by atoms with E-state index in [1.54, 1.807) is 7.05 Å². The van der Waals surface area contributed by atoms with Crippen molar-refractivity contribution < 1.29 is 5.11 Å². The second kappa shape index (κ2) is 5.40. The summed E-state index contributed by atoms with van der Waals surface area (Å²) in [6.07, 6.45) is 1.37. The zero-order valence-corrected chi connectivity index (χ0v) is 9.56. The number of rotatable bonds is 4. The van der Waals surface area contributed by atoms with Gasteiger partial charge in [0.05, 0.1) is 6.20 Å². The third kappa shape index (κ3) is 3.28. The van der Waals surface area contributed by atoms with Crippen LogP contribution in [0, 0.1) is 0 Å². The van der Waals surface area contributed by atoms with E-state index >= 15 is 0 Å². The second-order valence-electron chi connectivity index (χ2n) is 3.03. The molecule has 0 amide bonds. The van der Waals surface area contributed by atoms with E-state index in [0.29, 0.717) is 24.0 Å². The molecule has 0 bridgehead atoms. The molecule has 0 aliphatic heterocycles. The number of anilines is 1. The van der Waals surface area contributed by atoms with Crippen LogP contribution in [0.2, 0.25) is 0 Å². The predicted molar refractivity (Wildman–Crippen MR) is 63.2 cm³/mol. The van der Waals surface area contributed by atoms with E-state index in [2.05, 4.69) is 20.8 Å². The number of nitrogens with zero attached hydrogens (tertiary/aromatic N) is 2. The van der Waals surface area contributed by atoms with Crippen molar-refractivity contribution in [2.24, 2.45) is 0 Å². The Morgan fingerprint density at radius 2 is 2.47 bits per heavy atom. The molecule has 0 radical (unpaired) electrons. The Morgan fingerprint density at radius 3 is 3.00 bits per heavy atom. The first kappa shape index (κ1) is 11.6. The number of aromatic amines is 1. The molecule has 0 aliphatic rings. The van der Waals surface area contributed by atoms with Crippen molar-refractivity contribution in [1.29, 1.82) is 0 Å². The van der Waals surface area contributed by atoms with E-state index in [1.165, 1.54) is 6.20 Å². The quantitative estimate of drug-likeness (QED) is 0.529. The Bertz CT molecular complexity index is 327. The fourth-order valence-corrected chi connectivity index (χ4v) is 1.19. The highest BCUT2D eigenvalue weighted by Gasteiger charge is 2.07. The Morgan fingerprint density at radius 1 is 1.73 bits per heavy atom. The van der Waals surface area contributed by atoms with Gasteiger partial charge in [0.2, 0.25) is 0 Å². The molecule has 4 N–H and O–H groups in total. The first-order chi connectivity index (χ1) is 7.15. The molecule has 0 aliphatic carbocycles. The molecule has 7 heteroatoms. The number of aromatic hydroxyl groups is 1. The molecule has 1 aromatic rings. The molecule has 0 saturated heterocycles. The highest BCUT2D eigenvalue weighted by atomic mass is 32.1. The van der Waals surface area contributed by atoms with Gasteiger partial charge < -0.3 is 20.6 Å². The molecule has 1 rings (SSSR count).